The second kappa shape index (κ2) is 4.56. The lowest BCUT2D eigenvalue weighted by Gasteiger charge is -2.25. The van der Waals surface area contributed by atoms with Gasteiger partial charge in [-0.15, -0.1) is 0 Å². The minimum atomic E-state index is 0.515. The molecule has 0 heterocycles. The molecular weight excluding hydrogens is 252 g/mol. The van der Waals surface area contributed by atoms with Gasteiger partial charge in [0.15, 0.2) is 0 Å². The Morgan fingerprint density at radius 2 is 2.27 bits per heavy atom. The van der Waals surface area contributed by atoms with Gasteiger partial charge in [-0.05, 0) is 55.9 Å². The number of alkyl halides is 1. The zero-order valence-corrected chi connectivity index (χ0v) is 10.9. The van der Waals surface area contributed by atoms with Crippen molar-refractivity contribution in [3.63, 3.8) is 0 Å². The summed E-state index contributed by atoms with van der Waals surface area (Å²) in [6, 6.07) is 4.28. The first-order valence-corrected chi connectivity index (χ1v) is 6.54. The van der Waals surface area contributed by atoms with E-state index in [9.17, 15) is 0 Å². The third-order valence-corrected chi connectivity index (χ3v) is 3.95. The number of hydrogen-bond acceptors (Lipinski definition) is 1. The van der Waals surface area contributed by atoms with Crippen molar-refractivity contribution in [3.05, 3.63) is 28.8 Å². The Balaban J connectivity index is 2.48. The van der Waals surface area contributed by atoms with E-state index < -0.39 is 0 Å². The van der Waals surface area contributed by atoms with Crippen LogP contribution in [0.1, 0.15) is 41.3 Å². The summed E-state index contributed by atoms with van der Waals surface area (Å²) in [7, 11) is 0. The van der Waals surface area contributed by atoms with Crippen molar-refractivity contribution in [2.75, 3.05) is 6.61 Å². The Morgan fingerprint density at radius 1 is 1.47 bits per heavy atom. The number of fused-ring (bicyclic) bond motifs is 1. The fraction of sp³-hybridized carbons (Fsp3) is 0.538. The van der Waals surface area contributed by atoms with E-state index in [0.717, 1.165) is 18.8 Å². The number of rotatable bonds is 2. The molecule has 2 heteroatoms. The van der Waals surface area contributed by atoms with Crippen LogP contribution in [0.25, 0.3) is 0 Å². The summed E-state index contributed by atoms with van der Waals surface area (Å²) in [5, 5.41) is 0. The van der Waals surface area contributed by atoms with Gasteiger partial charge in [0.25, 0.3) is 0 Å². The highest BCUT2D eigenvalue weighted by Gasteiger charge is 2.22. The molecule has 0 saturated carbocycles. The van der Waals surface area contributed by atoms with Gasteiger partial charge in [-0.25, -0.2) is 0 Å². The van der Waals surface area contributed by atoms with Crippen molar-refractivity contribution >= 4 is 15.9 Å². The molecule has 1 aromatic carbocycles. The summed E-state index contributed by atoms with van der Waals surface area (Å²) in [6.07, 6.45) is 3.66. The lowest BCUT2D eigenvalue weighted by molar-refractivity contribution is 0.334. The first-order valence-electron chi connectivity index (χ1n) is 5.63. The molecule has 0 aliphatic heterocycles. The van der Waals surface area contributed by atoms with E-state index in [1.54, 1.807) is 0 Å². The van der Waals surface area contributed by atoms with Crippen LogP contribution in [-0.4, -0.2) is 6.61 Å². The molecule has 0 spiro atoms. The van der Waals surface area contributed by atoms with E-state index in [0.29, 0.717) is 4.83 Å². The van der Waals surface area contributed by atoms with Crippen molar-refractivity contribution in [1.29, 1.82) is 0 Å². The molecule has 0 radical (unpaired) electrons. The molecule has 0 N–H and O–H groups in total. The van der Waals surface area contributed by atoms with Crippen LogP contribution in [0.2, 0.25) is 0 Å². The van der Waals surface area contributed by atoms with Gasteiger partial charge in [0.2, 0.25) is 0 Å². The lowest BCUT2D eigenvalue weighted by atomic mass is 9.88. The molecule has 2 rings (SSSR count). The summed E-state index contributed by atoms with van der Waals surface area (Å²) < 4.78 is 5.69. The van der Waals surface area contributed by atoms with E-state index in [1.165, 1.54) is 29.5 Å². The Kier molecular flexibility index (Phi) is 3.35. The number of aryl methyl sites for hydroxylation is 1. The van der Waals surface area contributed by atoms with Gasteiger partial charge in [0, 0.05) is 4.83 Å². The van der Waals surface area contributed by atoms with Crippen molar-refractivity contribution in [2.24, 2.45) is 0 Å². The Hall–Kier alpha value is -0.500. The third kappa shape index (κ3) is 2.05. The standard InChI is InChI=1S/C13H17BrO/c1-3-15-12-8-7-9(2)13-10(12)5-4-6-11(13)14/h7-8,11H,3-6H2,1-2H3. The third-order valence-electron chi connectivity index (χ3n) is 3.03. The van der Waals surface area contributed by atoms with Crippen LogP contribution in [-0.2, 0) is 6.42 Å². The van der Waals surface area contributed by atoms with Crippen molar-refractivity contribution in [2.45, 2.75) is 37.9 Å². The highest BCUT2D eigenvalue weighted by molar-refractivity contribution is 9.09. The maximum Gasteiger partial charge on any atom is 0.122 e. The zero-order valence-electron chi connectivity index (χ0n) is 9.35. The lowest BCUT2D eigenvalue weighted by Crippen LogP contribution is -2.09. The van der Waals surface area contributed by atoms with E-state index >= 15 is 0 Å². The van der Waals surface area contributed by atoms with Crippen LogP contribution in [0, 0.1) is 6.92 Å². The summed E-state index contributed by atoms with van der Waals surface area (Å²) >= 11 is 3.77. The number of hydrogen-bond donors (Lipinski definition) is 0. The van der Waals surface area contributed by atoms with Gasteiger partial charge in [0.1, 0.15) is 5.75 Å². The number of ether oxygens (including phenoxy) is 1. The van der Waals surface area contributed by atoms with Gasteiger partial charge in [-0.1, -0.05) is 22.0 Å². The van der Waals surface area contributed by atoms with Crippen molar-refractivity contribution in [1.82, 2.24) is 0 Å². The molecule has 0 fully saturated rings. The quantitative estimate of drug-likeness (QED) is 0.732. The molecule has 1 aliphatic rings. The molecule has 82 valence electrons. The van der Waals surface area contributed by atoms with Crippen LogP contribution in [0.15, 0.2) is 12.1 Å². The summed E-state index contributed by atoms with van der Waals surface area (Å²) in [5.74, 6) is 1.09. The topological polar surface area (TPSA) is 9.23 Å². The molecule has 0 saturated heterocycles. The summed E-state index contributed by atoms with van der Waals surface area (Å²) in [4.78, 5) is 0.515. The largest absolute Gasteiger partial charge is 0.494 e. The summed E-state index contributed by atoms with van der Waals surface area (Å²) in [6.45, 7) is 4.98. The van der Waals surface area contributed by atoms with Crippen LogP contribution in [0.5, 0.6) is 5.75 Å². The van der Waals surface area contributed by atoms with Gasteiger partial charge >= 0.3 is 0 Å². The average molecular weight is 269 g/mol. The van der Waals surface area contributed by atoms with Crippen LogP contribution >= 0.6 is 15.9 Å². The highest BCUT2D eigenvalue weighted by atomic mass is 79.9. The van der Waals surface area contributed by atoms with E-state index in [2.05, 4.69) is 35.0 Å². The molecular formula is C13H17BrO. The predicted octanol–water partition coefficient (Wildman–Crippen LogP) is 4.17. The van der Waals surface area contributed by atoms with Crippen LogP contribution in [0.4, 0.5) is 0 Å². The van der Waals surface area contributed by atoms with Gasteiger partial charge in [-0.2, -0.15) is 0 Å². The van der Waals surface area contributed by atoms with Crippen LogP contribution < -0.4 is 4.74 Å². The monoisotopic (exact) mass is 268 g/mol. The highest BCUT2D eigenvalue weighted by Crippen LogP contribution is 2.41. The maximum absolute atomic E-state index is 5.69. The number of benzene rings is 1. The Labute approximate surface area is 100.0 Å². The van der Waals surface area contributed by atoms with Gasteiger partial charge < -0.3 is 4.74 Å². The minimum absolute atomic E-state index is 0.515. The first-order chi connectivity index (χ1) is 7.24. The van der Waals surface area contributed by atoms with Crippen molar-refractivity contribution in [3.8, 4) is 5.75 Å². The van der Waals surface area contributed by atoms with Gasteiger partial charge in [0.05, 0.1) is 6.61 Å². The molecule has 0 aromatic heterocycles. The minimum Gasteiger partial charge on any atom is -0.494 e. The fourth-order valence-electron chi connectivity index (χ4n) is 2.35. The molecule has 1 aromatic rings. The van der Waals surface area contributed by atoms with E-state index in [1.807, 2.05) is 6.92 Å². The fourth-order valence-corrected chi connectivity index (χ4v) is 3.31. The van der Waals surface area contributed by atoms with E-state index in [4.69, 9.17) is 4.74 Å². The normalized spacial score (nSPS) is 19.8. The molecule has 0 amide bonds. The second-order valence-corrected chi connectivity index (χ2v) is 5.17. The SMILES string of the molecule is CCOc1ccc(C)c2c1CCCC2Br. The number of halogens is 1. The summed E-state index contributed by atoms with van der Waals surface area (Å²) in [5.41, 5.74) is 4.27. The second-order valence-electron chi connectivity index (χ2n) is 4.07. The first kappa shape index (κ1) is 11.0. The molecule has 1 atom stereocenters. The Morgan fingerprint density at radius 3 is 3.00 bits per heavy atom. The van der Waals surface area contributed by atoms with Gasteiger partial charge in [-0.3, -0.25) is 0 Å². The molecule has 1 nitrogen and oxygen atoms in total. The van der Waals surface area contributed by atoms with Crippen LogP contribution in [0.3, 0.4) is 0 Å². The average Bonchev–Trinajstić information content (AvgIpc) is 2.22. The molecule has 15 heavy (non-hydrogen) atoms. The molecule has 1 aliphatic carbocycles. The molecule has 0 bridgehead atoms. The van der Waals surface area contributed by atoms with Crippen molar-refractivity contribution < 1.29 is 4.74 Å². The predicted molar refractivity (Wildman–Crippen MR) is 67.0 cm³/mol. The Bertz CT molecular complexity index is 360. The smallest absolute Gasteiger partial charge is 0.122 e. The maximum atomic E-state index is 5.69. The molecule has 1 unspecified atom stereocenters. The van der Waals surface area contributed by atoms with E-state index in [-0.39, 0.29) is 0 Å². The zero-order chi connectivity index (χ0) is 10.8.